The molecule has 1 saturated heterocycles. The normalized spacial score (nSPS) is 19.1. The maximum absolute atomic E-state index is 12.6. The van der Waals surface area contributed by atoms with Crippen molar-refractivity contribution in [1.29, 1.82) is 0 Å². The maximum Gasteiger partial charge on any atom is 0.359 e. The molecule has 15 nitrogen and oxygen atoms in total. The van der Waals surface area contributed by atoms with Crippen LogP contribution < -0.4 is 11.2 Å². The van der Waals surface area contributed by atoms with Gasteiger partial charge in [-0.05, 0) is 6.07 Å². The van der Waals surface area contributed by atoms with Gasteiger partial charge in [-0.25, -0.2) is 14.4 Å². The van der Waals surface area contributed by atoms with Crippen molar-refractivity contribution in [3.63, 3.8) is 0 Å². The van der Waals surface area contributed by atoms with Gasteiger partial charge >= 0.3 is 29.6 Å². The number of aromatic amines is 1. The van der Waals surface area contributed by atoms with Gasteiger partial charge in [0.05, 0.1) is 12.7 Å². The summed E-state index contributed by atoms with van der Waals surface area (Å²) in [5.41, 5.74) is -3.46. The maximum atomic E-state index is 12.6. The first kappa shape index (κ1) is 25.2. The highest BCUT2D eigenvalue weighted by atomic mass is 16.6. The van der Waals surface area contributed by atoms with E-state index in [0.717, 1.165) is 23.9 Å². The monoisotopic (exact) mass is 492 g/mol. The number of carbonyl (C=O) groups is 4. The molecule has 0 saturated carbocycles. The molecule has 35 heavy (non-hydrogen) atoms. The Hall–Kier alpha value is -4.40. The summed E-state index contributed by atoms with van der Waals surface area (Å²) < 4.78 is 21.5. The molecule has 0 aromatic carbocycles. The number of hydrogen-bond donors (Lipinski definition) is 2. The minimum absolute atomic E-state index is 0.0459. The zero-order valence-corrected chi connectivity index (χ0v) is 18.7. The van der Waals surface area contributed by atoms with Gasteiger partial charge in [0, 0.05) is 32.0 Å². The summed E-state index contributed by atoms with van der Waals surface area (Å²) in [5.74, 6) is -3.71. The number of methoxy groups -OCH3 is 1. The van der Waals surface area contributed by atoms with Crippen molar-refractivity contribution in [2.45, 2.75) is 38.7 Å². The SMILES string of the molecule is COC(=O)c1nnc(C(=O)O)cc1-c1cn(C2CC(OC(C)=O)C(COC(C)=O)O2)c(=O)[nH]c1=O. The third-order valence-corrected chi connectivity index (χ3v) is 4.91. The minimum Gasteiger partial charge on any atom is -0.476 e. The summed E-state index contributed by atoms with van der Waals surface area (Å²) in [4.78, 5) is 73.5. The Labute approximate surface area is 195 Å². The highest BCUT2D eigenvalue weighted by Gasteiger charge is 2.40. The molecule has 1 aliphatic rings. The van der Waals surface area contributed by atoms with Crippen LogP contribution >= 0.6 is 0 Å². The van der Waals surface area contributed by atoms with Crippen LogP contribution in [0.1, 0.15) is 47.5 Å². The second kappa shape index (κ2) is 10.3. The van der Waals surface area contributed by atoms with Crippen molar-refractivity contribution in [2.24, 2.45) is 0 Å². The van der Waals surface area contributed by atoms with E-state index in [1.165, 1.54) is 13.8 Å². The van der Waals surface area contributed by atoms with Gasteiger partial charge in [-0.15, -0.1) is 10.2 Å². The molecule has 2 N–H and O–H groups in total. The number of carbonyl (C=O) groups excluding carboxylic acids is 3. The molecule has 0 radical (unpaired) electrons. The number of carboxylic acids is 1. The second-order valence-electron chi connectivity index (χ2n) is 7.31. The van der Waals surface area contributed by atoms with E-state index in [1.54, 1.807) is 0 Å². The topological polar surface area (TPSA) is 206 Å². The lowest BCUT2D eigenvalue weighted by atomic mass is 10.1. The van der Waals surface area contributed by atoms with Gasteiger partial charge in [-0.3, -0.25) is 23.9 Å². The fourth-order valence-electron chi connectivity index (χ4n) is 3.40. The van der Waals surface area contributed by atoms with Crippen LogP contribution in [0, 0.1) is 0 Å². The Bertz CT molecular complexity index is 1300. The molecule has 15 heteroatoms. The fourth-order valence-corrected chi connectivity index (χ4v) is 3.40. The predicted octanol–water partition coefficient (Wildman–Crippen LogP) is -0.739. The fraction of sp³-hybridized carbons (Fsp3) is 0.400. The van der Waals surface area contributed by atoms with Gasteiger partial charge in [0.2, 0.25) is 0 Å². The first-order valence-corrected chi connectivity index (χ1v) is 10.0. The molecule has 186 valence electrons. The first-order valence-electron chi connectivity index (χ1n) is 10.0. The zero-order chi connectivity index (χ0) is 25.9. The number of aromatic carboxylic acids is 1. The van der Waals surface area contributed by atoms with E-state index in [-0.39, 0.29) is 24.2 Å². The minimum atomic E-state index is -1.48. The molecular weight excluding hydrogens is 472 g/mol. The van der Waals surface area contributed by atoms with Crippen LogP contribution in [-0.2, 0) is 28.5 Å². The highest BCUT2D eigenvalue weighted by molar-refractivity contribution is 5.96. The molecule has 0 spiro atoms. The second-order valence-corrected chi connectivity index (χ2v) is 7.31. The van der Waals surface area contributed by atoms with Gasteiger partial charge in [0.25, 0.3) is 5.56 Å². The van der Waals surface area contributed by atoms with Crippen LogP contribution in [0.15, 0.2) is 21.9 Å². The van der Waals surface area contributed by atoms with E-state index >= 15 is 0 Å². The molecule has 2 aromatic rings. The quantitative estimate of drug-likeness (QED) is 0.361. The molecule has 3 heterocycles. The van der Waals surface area contributed by atoms with Crippen LogP contribution in [0.2, 0.25) is 0 Å². The van der Waals surface area contributed by atoms with Crippen LogP contribution in [0.25, 0.3) is 11.1 Å². The smallest absolute Gasteiger partial charge is 0.359 e. The zero-order valence-electron chi connectivity index (χ0n) is 18.7. The molecule has 1 fully saturated rings. The number of nitrogens with zero attached hydrogens (tertiary/aromatic N) is 3. The van der Waals surface area contributed by atoms with E-state index in [0.29, 0.717) is 0 Å². The van der Waals surface area contributed by atoms with Gasteiger partial charge in [0.15, 0.2) is 11.4 Å². The van der Waals surface area contributed by atoms with E-state index in [4.69, 9.17) is 14.2 Å². The Kier molecular flexibility index (Phi) is 7.39. The van der Waals surface area contributed by atoms with Gasteiger partial charge < -0.3 is 24.1 Å². The summed E-state index contributed by atoms with van der Waals surface area (Å²) in [5, 5.41) is 16.2. The number of esters is 3. The van der Waals surface area contributed by atoms with Crippen LogP contribution in [0.3, 0.4) is 0 Å². The number of H-pyrrole nitrogens is 1. The summed E-state index contributed by atoms with van der Waals surface area (Å²) in [7, 11) is 1.05. The van der Waals surface area contributed by atoms with Crippen molar-refractivity contribution in [3.05, 3.63) is 44.5 Å². The Morgan fingerprint density at radius 1 is 1.17 bits per heavy atom. The molecule has 1 aliphatic heterocycles. The molecule has 3 rings (SSSR count). The Morgan fingerprint density at radius 2 is 1.89 bits per heavy atom. The lowest BCUT2D eigenvalue weighted by molar-refractivity contribution is -0.155. The molecule has 0 aliphatic carbocycles. The summed E-state index contributed by atoms with van der Waals surface area (Å²) >= 11 is 0. The molecule has 3 unspecified atom stereocenters. The average molecular weight is 492 g/mol. The standard InChI is InChI=1S/C20H20N4O11/c1-8(25)33-7-14-13(34-9(2)26)5-15(35-14)24-6-11(17(27)21-20(24)31)10-4-12(18(28)29)22-23-16(10)19(30)32-3/h4,6,13-15H,5,7H2,1-3H3,(H,28,29)(H,21,27,31). The van der Waals surface area contributed by atoms with Crippen molar-refractivity contribution in [1.82, 2.24) is 19.7 Å². The Morgan fingerprint density at radius 3 is 2.49 bits per heavy atom. The van der Waals surface area contributed by atoms with Crippen molar-refractivity contribution >= 4 is 23.9 Å². The van der Waals surface area contributed by atoms with Crippen molar-refractivity contribution in [2.75, 3.05) is 13.7 Å². The number of aromatic nitrogens is 4. The number of hydrogen-bond acceptors (Lipinski definition) is 12. The van der Waals surface area contributed by atoms with Crippen molar-refractivity contribution in [3.8, 4) is 11.1 Å². The summed E-state index contributed by atoms with van der Waals surface area (Å²) in [6.45, 7) is 2.09. The molecule has 3 atom stereocenters. The van der Waals surface area contributed by atoms with Gasteiger partial charge in [-0.2, -0.15) is 0 Å². The third kappa shape index (κ3) is 5.57. The molecule has 2 aromatic heterocycles. The average Bonchev–Trinajstić information content (AvgIpc) is 3.18. The van der Waals surface area contributed by atoms with Gasteiger partial charge in [-0.1, -0.05) is 0 Å². The Balaban J connectivity index is 2.08. The lowest BCUT2D eigenvalue weighted by Crippen LogP contribution is -2.33. The highest BCUT2D eigenvalue weighted by Crippen LogP contribution is 2.31. The number of ether oxygens (including phenoxy) is 4. The van der Waals surface area contributed by atoms with E-state index < -0.39 is 64.9 Å². The third-order valence-electron chi connectivity index (χ3n) is 4.91. The van der Waals surface area contributed by atoms with E-state index in [1.807, 2.05) is 0 Å². The van der Waals surface area contributed by atoms with Gasteiger partial charge in [0.1, 0.15) is 25.0 Å². The van der Waals surface area contributed by atoms with Crippen molar-refractivity contribution < 1.29 is 43.2 Å². The molecule has 0 amide bonds. The van der Waals surface area contributed by atoms with Crippen LogP contribution in [0.5, 0.6) is 0 Å². The number of nitrogens with one attached hydrogen (secondary N) is 1. The summed E-state index contributed by atoms with van der Waals surface area (Å²) in [6, 6.07) is 0.932. The number of rotatable bonds is 7. The molecular formula is C20H20N4O11. The van der Waals surface area contributed by atoms with E-state index in [9.17, 15) is 33.9 Å². The van der Waals surface area contributed by atoms with E-state index in [2.05, 4.69) is 19.9 Å². The lowest BCUT2D eigenvalue weighted by Gasteiger charge is -2.18. The number of carboxylic acid groups (broad SMARTS) is 1. The predicted molar refractivity (Wildman–Crippen MR) is 111 cm³/mol. The summed E-state index contributed by atoms with van der Waals surface area (Å²) in [6.07, 6.45) is -1.89. The largest absolute Gasteiger partial charge is 0.476 e. The van der Waals surface area contributed by atoms with Crippen LogP contribution in [-0.4, -0.2) is 74.7 Å². The molecule has 0 bridgehead atoms. The first-order chi connectivity index (χ1) is 16.5. The van der Waals surface area contributed by atoms with Crippen LogP contribution in [0.4, 0.5) is 0 Å².